The predicted octanol–water partition coefficient (Wildman–Crippen LogP) is 5.20. The van der Waals surface area contributed by atoms with Gasteiger partial charge in [0.2, 0.25) is 0 Å². The van der Waals surface area contributed by atoms with E-state index in [1.807, 2.05) is 26.0 Å². The molecule has 0 amide bonds. The van der Waals surface area contributed by atoms with E-state index in [1.54, 1.807) is 36.4 Å². The Morgan fingerprint density at radius 1 is 0.880 bits per heavy atom. The lowest BCUT2D eigenvalue weighted by atomic mass is 10.3. The lowest BCUT2D eigenvalue weighted by Crippen LogP contribution is -2.13. The van der Waals surface area contributed by atoms with Gasteiger partial charge in [-0.1, -0.05) is 23.2 Å². The number of hydrogen-bond donors (Lipinski definition) is 1. The van der Waals surface area contributed by atoms with Crippen LogP contribution in [0.2, 0.25) is 10.0 Å². The van der Waals surface area contributed by atoms with Crippen molar-refractivity contribution < 1.29 is 8.42 Å². The SMILES string of the molecule is Cc1ccc(C)n1-c1ccc(S(=O)(=O)Nc2cc(Cl)ccc2Cl)cc1. The fourth-order valence-corrected chi connectivity index (χ4v) is 4.09. The molecule has 0 radical (unpaired) electrons. The summed E-state index contributed by atoms with van der Waals surface area (Å²) in [5.41, 5.74) is 3.31. The molecule has 130 valence electrons. The molecule has 0 aliphatic carbocycles. The molecular formula is C18H16Cl2N2O2S. The lowest BCUT2D eigenvalue weighted by Gasteiger charge is -2.12. The Morgan fingerprint density at radius 2 is 1.48 bits per heavy atom. The maximum atomic E-state index is 12.6. The van der Waals surface area contributed by atoms with Crippen LogP contribution >= 0.6 is 23.2 Å². The normalized spacial score (nSPS) is 11.5. The van der Waals surface area contributed by atoms with Crippen LogP contribution in [0.4, 0.5) is 5.69 Å². The smallest absolute Gasteiger partial charge is 0.261 e. The maximum absolute atomic E-state index is 12.6. The highest BCUT2D eigenvalue weighted by Gasteiger charge is 2.16. The number of aromatic nitrogens is 1. The molecule has 0 fully saturated rings. The summed E-state index contributed by atoms with van der Waals surface area (Å²) in [6.45, 7) is 4.00. The highest BCUT2D eigenvalue weighted by molar-refractivity contribution is 7.92. The van der Waals surface area contributed by atoms with E-state index in [9.17, 15) is 8.42 Å². The Morgan fingerprint density at radius 3 is 2.08 bits per heavy atom. The molecule has 0 saturated heterocycles. The molecule has 0 aliphatic rings. The van der Waals surface area contributed by atoms with Crippen molar-refractivity contribution in [2.45, 2.75) is 18.7 Å². The summed E-state index contributed by atoms with van der Waals surface area (Å²) in [5, 5.41) is 0.680. The molecule has 0 aliphatic heterocycles. The summed E-state index contributed by atoms with van der Waals surface area (Å²) in [6.07, 6.45) is 0. The van der Waals surface area contributed by atoms with Crippen molar-refractivity contribution in [3.05, 3.63) is 76.0 Å². The summed E-state index contributed by atoms with van der Waals surface area (Å²) in [7, 11) is -3.76. The number of sulfonamides is 1. The zero-order valence-electron chi connectivity index (χ0n) is 13.6. The van der Waals surface area contributed by atoms with Crippen molar-refractivity contribution in [3.8, 4) is 5.69 Å². The largest absolute Gasteiger partial charge is 0.319 e. The molecule has 1 heterocycles. The van der Waals surface area contributed by atoms with Gasteiger partial charge < -0.3 is 4.57 Å². The Bertz CT molecular complexity index is 1010. The molecule has 2 aromatic carbocycles. The molecule has 0 spiro atoms. The van der Waals surface area contributed by atoms with Crippen LogP contribution in [-0.2, 0) is 10.0 Å². The molecule has 0 bridgehead atoms. The molecular weight excluding hydrogens is 379 g/mol. The van der Waals surface area contributed by atoms with Gasteiger partial charge in [0.15, 0.2) is 0 Å². The molecule has 1 aromatic heterocycles. The zero-order chi connectivity index (χ0) is 18.2. The highest BCUT2D eigenvalue weighted by atomic mass is 35.5. The van der Waals surface area contributed by atoms with Crippen molar-refractivity contribution >= 4 is 38.9 Å². The van der Waals surface area contributed by atoms with Gasteiger partial charge in [-0.15, -0.1) is 0 Å². The van der Waals surface area contributed by atoms with Gasteiger partial charge in [-0.05, 0) is 68.4 Å². The van der Waals surface area contributed by atoms with Gasteiger partial charge in [0.1, 0.15) is 0 Å². The van der Waals surface area contributed by atoms with E-state index < -0.39 is 10.0 Å². The van der Waals surface area contributed by atoms with Crippen molar-refractivity contribution in [1.82, 2.24) is 4.57 Å². The molecule has 0 unspecified atom stereocenters. The second-order valence-electron chi connectivity index (χ2n) is 5.68. The summed E-state index contributed by atoms with van der Waals surface area (Å²) in [4.78, 5) is 0.148. The van der Waals surface area contributed by atoms with E-state index in [2.05, 4.69) is 9.29 Å². The number of benzene rings is 2. The standard InChI is InChI=1S/C18H16Cl2N2O2S/c1-12-3-4-13(2)22(12)15-6-8-16(9-7-15)25(23,24)21-18-11-14(19)5-10-17(18)20/h3-11,21H,1-2H3. The molecule has 3 rings (SSSR count). The van der Waals surface area contributed by atoms with E-state index in [0.29, 0.717) is 5.02 Å². The first-order valence-electron chi connectivity index (χ1n) is 7.51. The van der Waals surface area contributed by atoms with Crippen molar-refractivity contribution in [3.63, 3.8) is 0 Å². The van der Waals surface area contributed by atoms with Crippen LogP contribution in [0.25, 0.3) is 5.69 Å². The van der Waals surface area contributed by atoms with Gasteiger partial charge in [-0.3, -0.25) is 4.72 Å². The van der Waals surface area contributed by atoms with Crippen LogP contribution in [0.3, 0.4) is 0 Å². The van der Waals surface area contributed by atoms with E-state index in [4.69, 9.17) is 23.2 Å². The van der Waals surface area contributed by atoms with E-state index in [0.717, 1.165) is 17.1 Å². The van der Waals surface area contributed by atoms with Gasteiger partial charge in [0, 0.05) is 22.1 Å². The highest BCUT2D eigenvalue weighted by Crippen LogP contribution is 2.28. The van der Waals surface area contributed by atoms with Crippen molar-refractivity contribution in [1.29, 1.82) is 0 Å². The predicted molar refractivity (Wildman–Crippen MR) is 103 cm³/mol. The Hall–Kier alpha value is -1.95. The van der Waals surface area contributed by atoms with Crippen molar-refractivity contribution in [2.75, 3.05) is 4.72 Å². The minimum Gasteiger partial charge on any atom is -0.319 e. The third kappa shape index (κ3) is 3.68. The molecule has 7 heteroatoms. The quantitative estimate of drug-likeness (QED) is 0.660. The first-order chi connectivity index (χ1) is 11.8. The minimum atomic E-state index is -3.76. The molecule has 25 heavy (non-hydrogen) atoms. The Labute approximate surface area is 157 Å². The fraction of sp³-hybridized carbons (Fsp3) is 0.111. The molecule has 4 nitrogen and oxygen atoms in total. The van der Waals surface area contributed by atoms with Gasteiger partial charge >= 0.3 is 0 Å². The van der Waals surface area contributed by atoms with Crippen LogP contribution in [-0.4, -0.2) is 13.0 Å². The number of hydrogen-bond acceptors (Lipinski definition) is 2. The summed E-state index contributed by atoms with van der Waals surface area (Å²) >= 11 is 11.9. The van der Waals surface area contributed by atoms with Crippen LogP contribution in [0.15, 0.2) is 59.5 Å². The second-order valence-corrected chi connectivity index (χ2v) is 8.20. The third-order valence-corrected chi connectivity index (χ3v) is 5.80. The average molecular weight is 395 g/mol. The van der Waals surface area contributed by atoms with Crippen LogP contribution in [0.5, 0.6) is 0 Å². The molecule has 0 saturated carbocycles. The second kappa shape index (κ2) is 6.75. The maximum Gasteiger partial charge on any atom is 0.261 e. The number of rotatable bonds is 4. The van der Waals surface area contributed by atoms with Crippen LogP contribution in [0.1, 0.15) is 11.4 Å². The third-order valence-electron chi connectivity index (χ3n) is 3.85. The van der Waals surface area contributed by atoms with Crippen molar-refractivity contribution in [2.24, 2.45) is 0 Å². The Balaban J connectivity index is 1.92. The first kappa shape index (κ1) is 17.9. The molecule has 3 aromatic rings. The van der Waals surface area contributed by atoms with E-state index >= 15 is 0 Å². The summed E-state index contributed by atoms with van der Waals surface area (Å²) < 4.78 is 29.7. The summed E-state index contributed by atoms with van der Waals surface area (Å²) in [5.74, 6) is 0. The minimum absolute atomic E-state index is 0.148. The van der Waals surface area contributed by atoms with Gasteiger partial charge in [0.05, 0.1) is 15.6 Å². The van der Waals surface area contributed by atoms with Gasteiger partial charge in [-0.25, -0.2) is 8.42 Å². The zero-order valence-corrected chi connectivity index (χ0v) is 16.0. The number of anilines is 1. The monoisotopic (exact) mass is 394 g/mol. The number of aryl methyl sites for hydroxylation is 2. The van der Waals surface area contributed by atoms with Crippen LogP contribution < -0.4 is 4.72 Å². The number of nitrogens with zero attached hydrogens (tertiary/aromatic N) is 1. The van der Waals surface area contributed by atoms with E-state index in [1.165, 1.54) is 6.07 Å². The molecule has 1 N–H and O–H groups in total. The Kier molecular flexibility index (Phi) is 4.82. The first-order valence-corrected chi connectivity index (χ1v) is 9.75. The summed E-state index contributed by atoms with van der Waals surface area (Å²) in [6, 6.07) is 15.3. The van der Waals surface area contributed by atoms with Gasteiger partial charge in [-0.2, -0.15) is 0 Å². The average Bonchev–Trinajstić information content (AvgIpc) is 2.90. The number of nitrogens with one attached hydrogen (secondary N) is 1. The van der Waals surface area contributed by atoms with Crippen LogP contribution in [0, 0.1) is 13.8 Å². The van der Waals surface area contributed by atoms with Gasteiger partial charge in [0.25, 0.3) is 10.0 Å². The number of halogens is 2. The van der Waals surface area contributed by atoms with E-state index in [-0.39, 0.29) is 15.6 Å². The fourth-order valence-electron chi connectivity index (χ4n) is 2.63. The topological polar surface area (TPSA) is 51.1 Å². The molecule has 0 atom stereocenters. The lowest BCUT2D eigenvalue weighted by molar-refractivity contribution is 0.601.